The third-order valence-electron chi connectivity index (χ3n) is 6.11. The molecule has 1 atom stereocenters. The zero-order valence-corrected chi connectivity index (χ0v) is 18.9. The number of hydrogen-bond acceptors (Lipinski definition) is 6. The molecule has 11 heteroatoms. The van der Waals surface area contributed by atoms with Crippen LogP contribution in [0.4, 0.5) is 19.1 Å². The molecule has 8 nitrogen and oxygen atoms in total. The van der Waals surface area contributed by atoms with Gasteiger partial charge in [0.25, 0.3) is 5.91 Å². The van der Waals surface area contributed by atoms with Gasteiger partial charge >= 0.3 is 6.18 Å². The van der Waals surface area contributed by atoms with Crippen molar-refractivity contribution >= 4 is 17.4 Å². The van der Waals surface area contributed by atoms with Crippen LogP contribution in [-0.2, 0) is 0 Å². The number of nitrogens with one attached hydrogen (secondary N) is 2. The molecule has 3 N–H and O–H groups in total. The average Bonchev–Trinajstić information content (AvgIpc) is 3.16. The Kier molecular flexibility index (Phi) is 6.74. The van der Waals surface area contributed by atoms with E-state index in [0.717, 1.165) is 29.7 Å². The summed E-state index contributed by atoms with van der Waals surface area (Å²) >= 11 is 0. The molecule has 0 bridgehead atoms. The molecule has 182 valence electrons. The Balaban J connectivity index is 1.72. The second-order valence-electron chi connectivity index (χ2n) is 8.74. The van der Waals surface area contributed by atoms with Gasteiger partial charge in [0.2, 0.25) is 5.95 Å². The zero-order chi connectivity index (χ0) is 24.5. The monoisotopic (exact) mass is 476 g/mol. The highest BCUT2D eigenvalue weighted by Crippen LogP contribution is 2.37. The number of aliphatic hydroxyl groups is 1. The molecular weight excluding hydrogens is 449 g/mol. The number of halogens is 3. The number of hydrogen-bond donors (Lipinski definition) is 3. The van der Waals surface area contributed by atoms with Crippen molar-refractivity contribution in [2.45, 2.75) is 63.3 Å². The van der Waals surface area contributed by atoms with E-state index in [4.69, 9.17) is 0 Å². The normalized spacial score (nSPS) is 19.7. The number of nitrogens with zero attached hydrogens (tertiary/aromatic N) is 4. The lowest BCUT2D eigenvalue weighted by atomic mass is 9.85. The fourth-order valence-corrected chi connectivity index (χ4v) is 4.41. The summed E-state index contributed by atoms with van der Waals surface area (Å²) in [5.41, 5.74) is 3.46. The summed E-state index contributed by atoms with van der Waals surface area (Å²) in [4.78, 5) is 20.3. The molecule has 0 aromatic carbocycles. The van der Waals surface area contributed by atoms with Crippen LogP contribution in [0.5, 0.6) is 0 Å². The molecule has 1 amide bonds. The van der Waals surface area contributed by atoms with Crippen molar-refractivity contribution in [3.8, 4) is 11.1 Å². The Morgan fingerprint density at radius 2 is 1.94 bits per heavy atom. The van der Waals surface area contributed by atoms with Gasteiger partial charge in [-0.1, -0.05) is 6.07 Å². The molecule has 0 unspecified atom stereocenters. The van der Waals surface area contributed by atoms with Crippen LogP contribution in [0.15, 0.2) is 30.6 Å². The SMILES string of the molecule is CNC(=O)c1ccc(-c2cc([C@H]3CC[C@H](O)CC3)n3nc(N[C@@H](C)CC(F)(F)F)ncc23)cn1. The maximum Gasteiger partial charge on any atom is 0.391 e. The van der Waals surface area contributed by atoms with Gasteiger partial charge in [-0.25, -0.2) is 9.50 Å². The number of aromatic nitrogens is 4. The summed E-state index contributed by atoms with van der Waals surface area (Å²) in [5, 5.41) is 19.7. The maximum atomic E-state index is 12.8. The molecular formula is C23H27F3N6O2. The van der Waals surface area contributed by atoms with Gasteiger partial charge in [-0.05, 0) is 44.7 Å². The van der Waals surface area contributed by atoms with Crippen LogP contribution < -0.4 is 10.6 Å². The van der Waals surface area contributed by atoms with E-state index in [0.29, 0.717) is 18.4 Å². The molecule has 1 aliphatic carbocycles. The molecule has 3 aromatic heterocycles. The molecule has 0 aliphatic heterocycles. The Morgan fingerprint density at radius 1 is 1.21 bits per heavy atom. The van der Waals surface area contributed by atoms with Crippen molar-refractivity contribution in [3.63, 3.8) is 0 Å². The molecule has 4 rings (SSSR count). The molecule has 1 fully saturated rings. The van der Waals surface area contributed by atoms with E-state index >= 15 is 0 Å². The number of pyridine rings is 1. The van der Waals surface area contributed by atoms with Gasteiger partial charge in [0.15, 0.2) is 0 Å². The first kappa shape index (κ1) is 23.9. The third kappa shape index (κ3) is 5.30. The Hall–Kier alpha value is -3.21. The van der Waals surface area contributed by atoms with Crippen LogP contribution in [0.1, 0.15) is 61.1 Å². The highest BCUT2D eigenvalue weighted by Gasteiger charge is 2.30. The fraction of sp³-hybridized carbons (Fsp3) is 0.478. The number of fused-ring (bicyclic) bond motifs is 1. The van der Waals surface area contributed by atoms with Crippen molar-refractivity contribution in [1.82, 2.24) is 24.9 Å². The minimum absolute atomic E-state index is 0.108. The lowest BCUT2D eigenvalue weighted by Crippen LogP contribution is -2.25. The fourth-order valence-electron chi connectivity index (χ4n) is 4.41. The van der Waals surface area contributed by atoms with Crippen molar-refractivity contribution < 1.29 is 23.1 Å². The average molecular weight is 477 g/mol. The van der Waals surface area contributed by atoms with E-state index < -0.39 is 18.6 Å². The molecule has 3 heterocycles. The first-order chi connectivity index (χ1) is 16.1. The predicted molar refractivity (Wildman–Crippen MR) is 121 cm³/mol. The lowest BCUT2D eigenvalue weighted by Gasteiger charge is -2.25. The van der Waals surface area contributed by atoms with Gasteiger partial charge in [-0.3, -0.25) is 9.78 Å². The first-order valence-electron chi connectivity index (χ1n) is 11.2. The molecule has 1 aliphatic rings. The zero-order valence-electron chi connectivity index (χ0n) is 18.9. The highest BCUT2D eigenvalue weighted by atomic mass is 19.4. The van der Waals surface area contributed by atoms with Gasteiger partial charge in [0.1, 0.15) is 5.69 Å². The van der Waals surface area contributed by atoms with E-state index in [-0.39, 0.29) is 29.6 Å². The quantitative estimate of drug-likeness (QED) is 0.498. The summed E-state index contributed by atoms with van der Waals surface area (Å²) in [6.45, 7) is 1.44. The van der Waals surface area contributed by atoms with Crippen molar-refractivity contribution in [1.29, 1.82) is 0 Å². The summed E-state index contributed by atoms with van der Waals surface area (Å²) in [6, 6.07) is 4.52. The number of carbonyl (C=O) groups excluding carboxylic acids is 1. The minimum atomic E-state index is -4.29. The number of carbonyl (C=O) groups is 1. The van der Waals surface area contributed by atoms with Gasteiger partial charge in [-0.15, -0.1) is 5.10 Å². The smallest absolute Gasteiger partial charge is 0.391 e. The van der Waals surface area contributed by atoms with E-state index in [2.05, 4.69) is 25.7 Å². The number of aliphatic hydroxyl groups excluding tert-OH is 1. The van der Waals surface area contributed by atoms with Crippen LogP contribution in [-0.4, -0.2) is 56.0 Å². The molecule has 0 spiro atoms. The number of rotatable bonds is 6. The molecule has 34 heavy (non-hydrogen) atoms. The van der Waals surface area contributed by atoms with Gasteiger partial charge < -0.3 is 15.7 Å². The molecule has 3 aromatic rings. The lowest BCUT2D eigenvalue weighted by molar-refractivity contribution is -0.136. The summed E-state index contributed by atoms with van der Waals surface area (Å²) < 4.78 is 40.0. The van der Waals surface area contributed by atoms with Crippen LogP contribution in [0, 0.1) is 0 Å². The Morgan fingerprint density at radius 3 is 2.56 bits per heavy atom. The van der Waals surface area contributed by atoms with Crippen molar-refractivity contribution in [3.05, 3.63) is 42.0 Å². The number of amides is 1. The highest BCUT2D eigenvalue weighted by molar-refractivity contribution is 5.92. The van der Waals surface area contributed by atoms with E-state index in [9.17, 15) is 23.1 Å². The first-order valence-corrected chi connectivity index (χ1v) is 11.2. The minimum Gasteiger partial charge on any atom is -0.393 e. The Bertz CT molecular complexity index is 1150. The maximum absolute atomic E-state index is 12.8. The van der Waals surface area contributed by atoms with Crippen LogP contribution >= 0.6 is 0 Å². The topological polar surface area (TPSA) is 104 Å². The Labute approximate surface area is 194 Å². The van der Waals surface area contributed by atoms with Crippen molar-refractivity contribution in [2.24, 2.45) is 0 Å². The summed E-state index contributed by atoms with van der Waals surface area (Å²) in [6.07, 6.45) is 0.475. The van der Waals surface area contributed by atoms with Crippen LogP contribution in [0.2, 0.25) is 0 Å². The van der Waals surface area contributed by atoms with Gasteiger partial charge in [0.05, 0.1) is 24.2 Å². The largest absolute Gasteiger partial charge is 0.393 e. The standard InChI is InChI=1S/C23H27F3N6O2/c1-13(10-23(24,25)26)30-22-29-12-20-17(15-5-8-18(28-11-15)21(34)27-2)9-19(32(20)31-22)14-3-6-16(33)7-4-14/h5,8-9,11-14,16,33H,3-4,6-7,10H2,1-2H3,(H,27,34)(H,30,31)/t13-,14-,16-/m0/s1. The second-order valence-corrected chi connectivity index (χ2v) is 8.74. The van der Waals surface area contributed by atoms with E-state index in [1.165, 1.54) is 14.0 Å². The van der Waals surface area contributed by atoms with Gasteiger partial charge in [0, 0.05) is 42.0 Å². The van der Waals surface area contributed by atoms with Crippen molar-refractivity contribution in [2.75, 3.05) is 12.4 Å². The number of anilines is 1. The second kappa shape index (κ2) is 9.57. The molecule has 1 saturated carbocycles. The third-order valence-corrected chi connectivity index (χ3v) is 6.11. The number of alkyl halides is 3. The van der Waals surface area contributed by atoms with E-state index in [1.807, 2.05) is 6.07 Å². The molecule has 0 radical (unpaired) electrons. The predicted octanol–water partition coefficient (Wildman–Crippen LogP) is 3.92. The van der Waals surface area contributed by atoms with Crippen LogP contribution in [0.25, 0.3) is 16.6 Å². The van der Waals surface area contributed by atoms with Gasteiger partial charge in [-0.2, -0.15) is 13.2 Å². The van der Waals surface area contributed by atoms with Crippen LogP contribution in [0.3, 0.4) is 0 Å². The molecule has 0 saturated heterocycles. The summed E-state index contributed by atoms with van der Waals surface area (Å²) in [7, 11) is 1.53. The summed E-state index contributed by atoms with van der Waals surface area (Å²) in [5.74, 6) is -0.0450. The van der Waals surface area contributed by atoms with E-state index in [1.54, 1.807) is 29.0 Å².